The SMILES string of the molecule is Cc1cncc(C(NN)c2ccnc(C)n2)c1. The van der Waals surface area contributed by atoms with Crippen molar-refractivity contribution in [2.24, 2.45) is 5.84 Å². The Morgan fingerprint density at radius 1 is 1.29 bits per heavy atom. The summed E-state index contributed by atoms with van der Waals surface area (Å²) >= 11 is 0. The van der Waals surface area contributed by atoms with Crippen LogP contribution in [-0.2, 0) is 0 Å². The molecule has 0 fully saturated rings. The van der Waals surface area contributed by atoms with Gasteiger partial charge in [-0.1, -0.05) is 6.07 Å². The van der Waals surface area contributed by atoms with Crippen molar-refractivity contribution in [3.05, 3.63) is 53.4 Å². The van der Waals surface area contributed by atoms with Crippen LogP contribution in [0.3, 0.4) is 0 Å². The fourth-order valence-corrected chi connectivity index (χ4v) is 1.72. The minimum Gasteiger partial charge on any atom is -0.271 e. The maximum absolute atomic E-state index is 5.60. The summed E-state index contributed by atoms with van der Waals surface area (Å²) in [7, 11) is 0. The summed E-state index contributed by atoms with van der Waals surface area (Å²) < 4.78 is 0. The lowest BCUT2D eigenvalue weighted by molar-refractivity contribution is 0.614. The molecule has 0 bridgehead atoms. The second-order valence-corrected chi connectivity index (χ2v) is 3.92. The summed E-state index contributed by atoms with van der Waals surface area (Å²) in [4.78, 5) is 12.6. The molecule has 0 aromatic carbocycles. The van der Waals surface area contributed by atoms with Gasteiger partial charge >= 0.3 is 0 Å². The van der Waals surface area contributed by atoms with Crippen LogP contribution in [0, 0.1) is 13.8 Å². The summed E-state index contributed by atoms with van der Waals surface area (Å²) in [5.74, 6) is 6.32. The maximum Gasteiger partial charge on any atom is 0.125 e. The fraction of sp³-hybridized carbons (Fsp3) is 0.250. The average molecular weight is 229 g/mol. The first-order chi connectivity index (χ1) is 8.20. The lowest BCUT2D eigenvalue weighted by Crippen LogP contribution is -2.29. The van der Waals surface area contributed by atoms with Crippen molar-refractivity contribution in [2.75, 3.05) is 0 Å². The predicted octanol–water partition coefficient (Wildman–Crippen LogP) is 1.04. The Labute approximate surface area is 100 Å². The molecule has 1 atom stereocenters. The second-order valence-electron chi connectivity index (χ2n) is 3.92. The lowest BCUT2D eigenvalue weighted by atomic mass is 10.0. The van der Waals surface area contributed by atoms with Crippen LogP contribution < -0.4 is 11.3 Å². The van der Waals surface area contributed by atoms with Crippen molar-refractivity contribution in [3.63, 3.8) is 0 Å². The summed E-state index contributed by atoms with van der Waals surface area (Å²) in [5.41, 5.74) is 5.68. The third kappa shape index (κ3) is 2.64. The fourth-order valence-electron chi connectivity index (χ4n) is 1.72. The van der Waals surface area contributed by atoms with Gasteiger partial charge < -0.3 is 0 Å². The number of aromatic nitrogens is 3. The van der Waals surface area contributed by atoms with Crippen LogP contribution in [0.5, 0.6) is 0 Å². The molecular formula is C12H15N5. The van der Waals surface area contributed by atoms with Crippen LogP contribution >= 0.6 is 0 Å². The number of nitrogens with one attached hydrogen (secondary N) is 1. The van der Waals surface area contributed by atoms with E-state index in [-0.39, 0.29) is 6.04 Å². The van der Waals surface area contributed by atoms with Gasteiger partial charge in [0.25, 0.3) is 0 Å². The van der Waals surface area contributed by atoms with E-state index in [4.69, 9.17) is 5.84 Å². The molecule has 0 aliphatic rings. The Bertz CT molecular complexity index is 466. The van der Waals surface area contributed by atoms with Crippen LogP contribution in [0.25, 0.3) is 0 Å². The van der Waals surface area contributed by atoms with Gasteiger partial charge in [-0.3, -0.25) is 10.8 Å². The molecule has 5 heteroatoms. The van der Waals surface area contributed by atoms with Crippen molar-refractivity contribution in [3.8, 4) is 0 Å². The Balaban J connectivity index is 2.40. The molecule has 0 aliphatic carbocycles. The van der Waals surface area contributed by atoms with Gasteiger partial charge in [0.05, 0.1) is 11.7 Å². The molecule has 2 rings (SSSR count). The topological polar surface area (TPSA) is 76.7 Å². The van der Waals surface area contributed by atoms with Gasteiger partial charge in [0.15, 0.2) is 0 Å². The molecule has 0 aliphatic heterocycles. The number of aryl methyl sites for hydroxylation is 2. The maximum atomic E-state index is 5.60. The highest BCUT2D eigenvalue weighted by atomic mass is 15.2. The van der Waals surface area contributed by atoms with Crippen LogP contribution in [0.1, 0.15) is 28.7 Å². The zero-order chi connectivity index (χ0) is 12.3. The number of rotatable bonds is 3. The molecule has 2 heterocycles. The highest BCUT2D eigenvalue weighted by molar-refractivity contribution is 5.27. The monoisotopic (exact) mass is 229 g/mol. The molecule has 0 spiro atoms. The van der Waals surface area contributed by atoms with Crippen molar-refractivity contribution in [1.29, 1.82) is 0 Å². The third-order valence-corrected chi connectivity index (χ3v) is 2.49. The van der Waals surface area contributed by atoms with Gasteiger partial charge in [0.2, 0.25) is 0 Å². The second kappa shape index (κ2) is 4.99. The van der Waals surface area contributed by atoms with Crippen LogP contribution in [-0.4, -0.2) is 15.0 Å². The molecule has 0 saturated heterocycles. The Morgan fingerprint density at radius 3 is 2.76 bits per heavy atom. The molecule has 0 amide bonds. The molecule has 2 aromatic heterocycles. The zero-order valence-corrected chi connectivity index (χ0v) is 9.88. The van der Waals surface area contributed by atoms with E-state index in [1.54, 1.807) is 12.4 Å². The third-order valence-electron chi connectivity index (χ3n) is 2.49. The molecule has 3 N–H and O–H groups in total. The summed E-state index contributed by atoms with van der Waals surface area (Å²) in [6.45, 7) is 3.85. The molecule has 5 nitrogen and oxygen atoms in total. The van der Waals surface area contributed by atoms with Crippen molar-refractivity contribution in [2.45, 2.75) is 19.9 Å². The smallest absolute Gasteiger partial charge is 0.125 e. The van der Waals surface area contributed by atoms with Crippen LogP contribution in [0.15, 0.2) is 30.7 Å². The minimum atomic E-state index is -0.163. The zero-order valence-electron chi connectivity index (χ0n) is 9.88. The minimum absolute atomic E-state index is 0.163. The molecular weight excluding hydrogens is 214 g/mol. The quantitative estimate of drug-likeness (QED) is 0.607. The molecule has 2 aromatic rings. The molecule has 17 heavy (non-hydrogen) atoms. The van der Waals surface area contributed by atoms with E-state index in [1.807, 2.05) is 32.2 Å². The van der Waals surface area contributed by atoms with Gasteiger partial charge in [0, 0.05) is 18.6 Å². The van der Waals surface area contributed by atoms with Crippen molar-refractivity contribution in [1.82, 2.24) is 20.4 Å². The van der Waals surface area contributed by atoms with Crippen LogP contribution in [0.2, 0.25) is 0 Å². The number of hydrogen-bond donors (Lipinski definition) is 2. The Morgan fingerprint density at radius 2 is 2.12 bits per heavy atom. The van der Waals surface area contributed by atoms with Gasteiger partial charge in [0.1, 0.15) is 5.82 Å². The summed E-state index contributed by atoms with van der Waals surface area (Å²) in [5, 5.41) is 0. The van der Waals surface area contributed by atoms with E-state index in [0.717, 1.165) is 22.6 Å². The lowest BCUT2D eigenvalue weighted by Gasteiger charge is -2.15. The first kappa shape index (κ1) is 11.6. The van der Waals surface area contributed by atoms with Crippen molar-refractivity contribution < 1.29 is 0 Å². The molecule has 88 valence electrons. The van der Waals surface area contributed by atoms with E-state index in [9.17, 15) is 0 Å². The summed E-state index contributed by atoms with van der Waals surface area (Å²) in [6.07, 6.45) is 5.32. The number of pyridine rings is 1. The van der Waals surface area contributed by atoms with E-state index in [1.165, 1.54) is 0 Å². The van der Waals surface area contributed by atoms with Gasteiger partial charge in [-0.05, 0) is 31.0 Å². The van der Waals surface area contributed by atoms with E-state index >= 15 is 0 Å². The predicted molar refractivity (Wildman–Crippen MR) is 64.9 cm³/mol. The van der Waals surface area contributed by atoms with Crippen molar-refractivity contribution >= 4 is 0 Å². The van der Waals surface area contributed by atoms with E-state index in [2.05, 4.69) is 20.4 Å². The van der Waals surface area contributed by atoms with Crippen LogP contribution in [0.4, 0.5) is 0 Å². The van der Waals surface area contributed by atoms with E-state index in [0.29, 0.717) is 0 Å². The molecule has 1 unspecified atom stereocenters. The normalized spacial score (nSPS) is 12.4. The van der Waals surface area contributed by atoms with Gasteiger partial charge in [-0.2, -0.15) is 0 Å². The first-order valence-corrected chi connectivity index (χ1v) is 5.38. The Kier molecular flexibility index (Phi) is 3.41. The van der Waals surface area contributed by atoms with E-state index < -0.39 is 0 Å². The number of nitrogens with zero attached hydrogens (tertiary/aromatic N) is 3. The average Bonchev–Trinajstić information content (AvgIpc) is 2.30. The van der Waals surface area contributed by atoms with Gasteiger partial charge in [-0.15, -0.1) is 0 Å². The number of nitrogens with two attached hydrogens (primary N) is 1. The molecule has 0 radical (unpaired) electrons. The molecule has 0 saturated carbocycles. The largest absolute Gasteiger partial charge is 0.271 e. The number of hydrazine groups is 1. The highest BCUT2D eigenvalue weighted by Crippen LogP contribution is 2.19. The first-order valence-electron chi connectivity index (χ1n) is 5.38. The number of hydrogen-bond acceptors (Lipinski definition) is 5. The Hall–Kier alpha value is -1.85. The van der Waals surface area contributed by atoms with Gasteiger partial charge in [-0.25, -0.2) is 15.4 Å². The highest BCUT2D eigenvalue weighted by Gasteiger charge is 2.14. The summed E-state index contributed by atoms with van der Waals surface area (Å²) in [6, 6.07) is 3.72. The standard InChI is InChI=1S/C12H15N5/c1-8-5-10(7-14-6-8)12(17-13)11-3-4-15-9(2)16-11/h3-7,12,17H,13H2,1-2H3.